The van der Waals surface area contributed by atoms with E-state index in [1.165, 1.54) is 0 Å². The highest BCUT2D eigenvalue weighted by atomic mass is 16.5. The molecule has 1 aromatic heterocycles. The number of nitrogens with zero attached hydrogens (tertiary/aromatic N) is 2. The number of ether oxygens (including phenoxy) is 1. The maximum atomic E-state index is 12.1. The molecule has 1 unspecified atom stereocenters. The number of hydrogen-bond donors (Lipinski definition) is 2. The van der Waals surface area contributed by atoms with E-state index < -0.39 is 0 Å². The molecule has 20 heavy (non-hydrogen) atoms. The lowest BCUT2D eigenvalue weighted by Crippen LogP contribution is -2.54. The van der Waals surface area contributed by atoms with E-state index in [9.17, 15) is 4.79 Å². The van der Waals surface area contributed by atoms with Crippen LogP contribution in [0.25, 0.3) is 0 Å². The van der Waals surface area contributed by atoms with E-state index in [1.807, 2.05) is 19.9 Å². The molecule has 2 rings (SSSR count). The Morgan fingerprint density at radius 1 is 1.45 bits per heavy atom. The second-order valence-corrected chi connectivity index (χ2v) is 4.64. The van der Waals surface area contributed by atoms with E-state index in [0.29, 0.717) is 26.3 Å². The van der Waals surface area contributed by atoms with Crippen LogP contribution in [0.5, 0.6) is 0 Å². The number of nitrogens with one attached hydrogen (secondary N) is 2. The van der Waals surface area contributed by atoms with Gasteiger partial charge in [0.15, 0.2) is 0 Å². The fourth-order valence-corrected chi connectivity index (χ4v) is 2.31. The zero-order chi connectivity index (χ0) is 14.4. The van der Waals surface area contributed by atoms with Gasteiger partial charge in [-0.3, -0.25) is 9.78 Å². The molecule has 1 aromatic rings. The number of likely N-dealkylation sites (N-methyl/N-ethyl adjacent to an activating group) is 1. The van der Waals surface area contributed by atoms with Gasteiger partial charge in [0.2, 0.25) is 5.91 Å². The van der Waals surface area contributed by atoms with Gasteiger partial charge in [-0.05, 0) is 19.9 Å². The maximum absolute atomic E-state index is 12.1. The lowest BCUT2D eigenvalue weighted by Gasteiger charge is -2.36. The van der Waals surface area contributed by atoms with E-state index >= 15 is 0 Å². The van der Waals surface area contributed by atoms with Gasteiger partial charge >= 0.3 is 0 Å². The van der Waals surface area contributed by atoms with Gasteiger partial charge in [-0.15, -0.1) is 0 Å². The lowest BCUT2D eigenvalue weighted by molar-refractivity contribution is -0.124. The smallest absolute Gasteiger partial charge is 0.245 e. The van der Waals surface area contributed by atoms with Crippen LogP contribution in [-0.4, -0.2) is 49.8 Å². The van der Waals surface area contributed by atoms with Crippen LogP contribution in [0.3, 0.4) is 0 Å². The van der Waals surface area contributed by atoms with Gasteiger partial charge in [0.05, 0.1) is 37.0 Å². The fraction of sp³-hybridized carbons (Fsp3) is 0.571. The van der Waals surface area contributed by atoms with E-state index in [1.54, 1.807) is 12.4 Å². The molecule has 110 valence electrons. The van der Waals surface area contributed by atoms with Crippen LogP contribution < -0.4 is 15.5 Å². The Kier molecular flexibility index (Phi) is 5.17. The van der Waals surface area contributed by atoms with Crippen LogP contribution in [0.2, 0.25) is 0 Å². The van der Waals surface area contributed by atoms with E-state index in [-0.39, 0.29) is 11.9 Å². The Morgan fingerprint density at radius 3 is 3.05 bits per heavy atom. The first-order valence-electron chi connectivity index (χ1n) is 7.07. The van der Waals surface area contributed by atoms with Crippen molar-refractivity contribution in [3.63, 3.8) is 0 Å². The zero-order valence-electron chi connectivity index (χ0n) is 12.1. The highest BCUT2D eigenvalue weighted by Gasteiger charge is 2.29. The van der Waals surface area contributed by atoms with Crippen molar-refractivity contribution in [3.05, 3.63) is 18.5 Å². The quantitative estimate of drug-likeness (QED) is 0.836. The molecule has 0 saturated carbocycles. The molecule has 1 fully saturated rings. The number of amides is 1. The standard InChI is InChI=1S/C14H22N4O2/c1-3-16-11-7-12(9-15-8-11)18-5-6-20-10-13(18)14(19)17-4-2/h7-9,13,16H,3-6,10H2,1-2H3,(H,17,19). The Bertz CT molecular complexity index is 453. The number of hydrogen-bond acceptors (Lipinski definition) is 5. The Labute approximate surface area is 119 Å². The average molecular weight is 278 g/mol. The number of aromatic nitrogens is 1. The minimum absolute atomic E-state index is 0.000976. The van der Waals surface area contributed by atoms with Gasteiger partial charge in [-0.1, -0.05) is 0 Å². The first kappa shape index (κ1) is 14.6. The molecule has 0 spiro atoms. The predicted molar refractivity (Wildman–Crippen MR) is 79.0 cm³/mol. The molecule has 1 atom stereocenters. The van der Waals surface area contributed by atoms with Crippen LogP contribution in [0.1, 0.15) is 13.8 Å². The topological polar surface area (TPSA) is 66.5 Å². The Morgan fingerprint density at radius 2 is 2.30 bits per heavy atom. The molecule has 1 amide bonds. The molecule has 0 bridgehead atoms. The summed E-state index contributed by atoms with van der Waals surface area (Å²) in [6.45, 7) is 7.16. The monoisotopic (exact) mass is 278 g/mol. The van der Waals surface area contributed by atoms with Crippen LogP contribution >= 0.6 is 0 Å². The molecule has 0 aromatic carbocycles. The third-order valence-electron chi connectivity index (χ3n) is 3.22. The summed E-state index contributed by atoms with van der Waals surface area (Å²) in [5.41, 5.74) is 1.91. The van der Waals surface area contributed by atoms with Crippen molar-refractivity contribution in [2.24, 2.45) is 0 Å². The highest BCUT2D eigenvalue weighted by molar-refractivity contribution is 5.85. The van der Waals surface area contributed by atoms with Crippen molar-refractivity contribution in [3.8, 4) is 0 Å². The van der Waals surface area contributed by atoms with Crippen LogP contribution in [0.4, 0.5) is 11.4 Å². The van der Waals surface area contributed by atoms with Gasteiger partial charge in [0, 0.05) is 19.6 Å². The summed E-state index contributed by atoms with van der Waals surface area (Å²) in [6, 6.07) is 1.73. The van der Waals surface area contributed by atoms with Crippen molar-refractivity contribution in [2.75, 3.05) is 43.1 Å². The second kappa shape index (κ2) is 7.09. The summed E-state index contributed by atoms with van der Waals surface area (Å²) in [5.74, 6) is 0.000976. The van der Waals surface area contributed by atoms with Crippen LogP contribution in [-0.2, 0) is 9.53 Å². The van der Waals surface area contributed by atoms with Crippen molar-refractivity contribution >= 4 is 17.3 Å². The third-order valence-corrected chi connectivity index (χ3v) is 3.22. The SMILES string of the molecule is CCNC(=O)C1COCCN1c1cncc(NCC)c1. The summed E-state index contributed by atoms with van der Waals surface area (Å²) < 4.78 is 5.44. The average Bonchev–Trinajstić information content (AvgIpc) is 2.48. The summed E-state index contributed by atoms with van der Waals surface area (Å²) in [6.07, 6.45) is 3.58. The molecule has 1 aliphatic rings. The summed E-state index contributed by atoms with van der Waals surface area (Å²) >= 11 is 0. The Balaban J connectivity index is 2.18. The molecule has 2 N–H and O–H groups in total. The van der Waals surface area contributed by atoms with E-state index in [0.717, 1.165) is 17.9 Å². The third kappa shape index (κ3) is 3.39. The summed E-state index contributed by atoms with van der Waals surface area (Å²) in [7, 11) is 0. The molecule has 0 aliphatic carbocycles. The first-order chi connectivity index (χ1) is 9.76. The summed E-state index contributed by atoms with van der Waals surface area (Å²) in [5, 5.41) is 6.09. The number of pyridine rings is 1. The van der Waals surface area contributed by atoms with E-state index in [2.05, 4.69) is 20.5 Å². The maximum Gasteiger partial charge on any atom is 0.245 e. The Hall–Kier alpha value is -1.82. The number of carbonyl (C=O) groups excluding carboxylic acids is 1. The highest BCUT2D eigenvalue weighted by Crippen LogP contribution is 2.22. The molecule has 0 radical (unpaired) electrons. The van der Waals surface area contributed by atoms with Crippen LogP contribution in [0.15, 0.2) is 18.5 Å². The minimum Gasteiger partial charge on any atom is -0.384 e. The predicted octanol–water partition coefficient (Wildman–Crippen LogP) is 0.855. The number of anilines is 2. The lowest BCUT2D eigenvalue weighted by atomic mass is 10.2. The first-order valence-corrected chi connectivity index (χ1v) is 7.07. The molecule has 2 heterocycles. The van der Waals surface area contributed by atoms with Crippen molar-refractivity contribution in [2.45, 2.75) is 19.9 Å². The molecular formula is C14H22N4O2. The van der Waals surface area contributed by atoms with Crippen molar-refractivity contribution in [1.82, 2.24) is 10.3 Å². The molecule has 1 saturated heterocycles. The normalized spacial score (nSPS) is 18.7. The second-order valence-electron chi connectivity index (χ2n) is 4.64. The molecule has 6 heteroatoms. The van der Waals surface area contributed by atoms with Gasteiger partial charge in [-0.2, -0.15) is 0 Å². The number of morpholine rings is 1. The van der Waals surface area contributed by atoms with Gasteiger partial charge in [0.25, 0.3) is 0 Å². The van der Waals surface area contributed by atoms with Crippen molar-refractivity contribution in [1.29, 1.82) is 0 Å². The molecular weight excluding hydrogens is 256 g/mol. The van der Waals surface area contributed by atoms with E-state index in [4.69, 9.17) is 4.74 Å². The van der Waals surface area contributed by atoms with Gasteiger partial charge in [-0.25, -0.2) is 0 Å². The summed E-state index contributed by atoms with van der Waals surface area (Å²) in [4.78, 5) is 18.4. The molecule has 1 aliphatic heterocycles. The zero-order valence-corrected chi connectivity index (χ0v) is 12.1. The molecule has 6 nitrogen and oxygen atoms in total. The van der Waals surface area contributed by atoms with Gasteiger partial charge < -0.3 is 20.3 Å². The number of carbonyl (C=O) groups is 1. The largest absolute Gasteiger partial charge is 0.384 e. The number of rotatable bonds is 5. The van der Waals surface area contributed by atoms with Crippen molar-refractivity contribution < 1.29 is 9.53 Å². The van der Waals surface area contributed by atoms with Gasteiger partial charge in [0.1, 0.15) is 6.04 Å². The fourth-order valence-electron chi connectivity index (χ4n) is 2.31. The minimum atomic E-state index is -0.289. The van der Waals surface area contributed by atoms with Crippen LogP contribution in [0, 0.1) is 0 Å².